The molecule has 0 radical (unpaired) electrons. The van der Waals surface area contributed by atoms with Gasteiger partial charge in [0, 0.05) is 11.1 Å². The Morgan fingerprint density at radius 1 is 1.03 bits per heavy atom. The van der Waals surface area contributed by atoms with E-state index in [4.69, 9.17) is 11.6 Å². The van der Waals surface area contributed by atoms with Gasteiger partial charge in [-0.3, -0.25) is 4.31 Å². The summed E-state index contributed by atoms with van der Waals surface area (Å²) in [5.41, 5.74) is 2.56. The molecule has 3 aromatic rings. The van der Waals surface area contributed by atoms with Crippen LogP contribution < -0.4 is 4.31 Å². The highest BCUT2D eigenvalue weighted by Gasteiger charge is 2.36. The van der Waals surface area contributed by atoms with Crippen molar-refractivity contribution >= 4 is 27.3 Å². The van der Waals surface area contributed by atoms with Crippen LogP contribution in [-0.2, 0) is 22.9 Å². The third kappa shape index (κ3) is 4.46. The molecule has 162 valence electrons. The van der Waals surface area contributed by atoms with Crippen molar-refractivity contribution in [3.8, 4) is 0 Å². The molecule has 1 unspecified atom stereocenters. The van der Waals surface area contributed by atoms with Gasteiger partial charge >= 0.3 is 0 Å². The van der Waals surface area contributed by atoms with Gasteiger partial charge in [0.05, 0.1) is 10.6 Å². The van der Waals surface area contributed by atoms with Gasteiger partial charge in [-0.1, -0.05) is 41.4 Å². The van der Waals surface area contributed by atoms with Crippen LogP contribution in [0.5, 0.6) is 0 Å². The number of sulfonamides is 1. The zero-order valence-electron chi connectivity index (χ0n) is 17.0. The maximum absolute atomic E-state index is 14.3. The summed E-state index contributed by atoms with van der Waals surface area (Å²) < 4.78 is 56.9. The molecule has 1 heterocycles. The molecule has 0 saturated carbocycles. The summed E-state index contributed by atoms with van der Waals surface area (Å²) >= 11 is 5.84. The van der Waals surface area contributed by atoms with Crippen LogP contribution in [0.2, 0.25) is 5.02 Å². The van der Waals surface area contributed by atoms with E-state index in [9.17, 15) is 17.2 Å². The highest BCUT2D eigenvalue weighted by molar-refractivity contribution is 7.92. The molecule has 31 heavy (non-hydrogen) atoms. The highest BCUT2D eigenvalue weighted by atomic mass is 35.5. The summed E-state index contributed by atoms with van der Waals surface area (Å²) in [5.74, 6) is -0.907. The van der Waals surface area contributed by atoms with Crippen molar-refractivity contribution in [3.63, 3.8) is 0 Å². The van der Waals surface area contributed by atoms with Gasteiger partial charge in [0.2, 0.25) is 0 Å². The molecule has 3 aromatic carbocycles. The average molecular weight is 462 g/mol. The number of fused-ring (bicyclic) bond motifs is 1. The van der Waals surface area contributed by atoms with Crippen molar-refractivity contribution in [1.29, 1.82) is 0 Å². The first-order chi connectivity index (χ1) is 14.8. The van der Waals surface area contributed by atoms with E-state index in [-0.39, 0.29) is 4.90 Å². The van der Waals surface area contributed by atoms with E-state index in [1.807, 2.05) is 6.92 Å². The zero-order chi connectivity index (χ0) is 22.2. The lowest BCUT2D eigenvalue weighted by Crippen LogP contribution is -2.44. The quantitative estimate of drug-likeness (QED) is 0.462. The number of anilines is 1. The van der Waals surface area contributed by atoms with Crippen LogP contribution in [0.1, 0.15) is 29.5 Å². The Bertz CT molecular complexity index is 1210. The summed E-state index contributed by atoms with van der Waals surface area (Å²) in [6.45, 7) is 1.88. The molecule has 0 N–H and O–H groups in total. The van der Waals surface area contributed by atoms with Gasteiger partial charge in [0.15, 0.2) is 0 Å². The van der Waals surface area contributed by atoms with E-state index in [2.05, 4.69) is 0 Å². The Hall–Kier alpha value is -2.44. The second-order valence-electron chi connectivity index (χ2n) is 7.85. The van der Waals surface area contributed by atoms with Crippen molar-refractivity contribution in [2.24, 2.45) is 0 Å². The number of rotatable bonds is 5. The zero-order valence-corrected chi connectivity index (χ0v) is 18.6. The second-order valence-corrected chi connectivity index (χ2v) is 10.1. The Morgan fingerprint density at radius 3 is 2.48 bits per heavy atom. The fraction of sp³-hybridized carbons (Fsp3) is 0.250. The topological polar surface area (TPSA) is 37.4 Å². The number of hydrogen-bond donors (Lipinski definition) is 0. The standard InChI is InChI=1S/C24H22ClF2NO2S/c1-16-2-12-22(13-3-16)31(29,30)28-21(10-6-17-4-8-19(25)14-23(17)27)11-7-18-5-9-20(26)15-24(18)28/h2-5,8-9,12-15,21H,6-7,10-11H2,1H3. The van der Waals surface area contributed by atoms with Crippen LogP contribution >= 0.6 is 11.6 Å². The van der Waals surface area contributed by atoms with Gasteiger partial charge < -0.3 is 0 Å². The number of hydrogen-bond acceptors (Lipinski definition) is 2. The number of nitrogens with zero attached hydrogens (tertiary/aromatic N) is 1. The predicted molar refractivity (Wildman–Crippen MR) is 119 cm³/mol. The molecule has 0 saturated heterocycles. The maximum Gasteiger partial charge on any atom is 0.264 e. The predicted octanol–water partition coefficient (Wildman–Crippen LogP) is 6.07. The molecule has 0 spiro atoms. The van der Waals surface area contributed by atoms with Gasteiger partial charge in [-0.05, 0) is 80.1 Å². The third-order valence-corrected chi connectivity index (χ3v) is 7.82. The molecule has 1 aliphatic rings. The third-order valence-electron chi connectivity index (χ3n) is 5.70. The van der Waals surface area contributed by atoms with Gasteiger partial charge in [0.1, 0.15) is 11.6 Å². The Morgan fingerprint density at radius 2 is 1.77 bits per heavy atom. The summed E-state index contributed by atoms with van der Waals surface area (Å²) in [7, 11) is -3.93. The first-order valence-electron chi connectivity index (χ1n) is 10.1. The molecule has 0 aromatic heterocycles. The fourth-order valence-corrected chi connectivity index (χ4v) is 5.95. The number of aryl methyl sites for hydroxylation is 3. The number of halogens is 3. The Kier molecular flexibility index (Phi) is 6.04. The molecule has 0 fully saturated rings. The number of benzene rings is 3. The van der Waals surface area contributed by atoms with E-state index in [0.29, 0.717) is 42.0 Å². The first kappa shape index (κ1) is 21.8. The van der Waals surface area contributed by atoms with E-state index in [0.717, 1.165) is 11.1 Å². The molecule has 4 rings (SSSR count). The van der Waals surface area contributed by atoms with E-state index in [1.165, 1.54) is 22.5 Å². The molecule has 3 nitrogen and oxygen atoms in total. The van der Waals surface area contributed by atoms with Gasteiger partial charge in [-0.2, -0.15) is 0 Å². The van der Waals surface area contributed by atoms with Crippen LogP contribution in [0, 0.1) is 18.6 Å². The van der Waals surface area contributed by atoms with Crippen LogP contribution in [0.4, 0.5) is 14.5 Å². The SMILES string of the molecule is Cc1ccc(S(=O)(=O)N2c3cc(F)ccc3CCC2CCc2ccc(Cl)cc2F)cc1. The average Bonchev–Trinajstić information content (AvgIpc) is 2.72. The van der Waals surface area contributed by atoms with Crippen molar-refractivity contribution in [1.82, 2.24) is 0 Å². The van der Waals surface area contributed by atoms with Gasteiger partial charge in [-0.25, -0.2) is 17.2 Å². The molecule has 1 atom stereocenters. The minimum Gasteiger partial charge on any atom is -0.263 e. The van der Waals surface area contributed by atoms with E-state index < -0.39 is 27.7 Å². The van der Waals surface area contributed by atoms with Crippen molar-refractivity contribution < 1.29 is 17.2 Å². The van der Waals surface area contributed by atoms with Crippen LogP contribution in [-0.4, -0.2) is 14.5 Å². The molecule has 1 aliphatic heterocycles. The Balaban J connectivity index is 1.72. The molecular weight excluding hydrogens is 440 g/mol. The minimum absolute atomic E-state index is 0.151. The van der Waals surface area contributed by atoms with Crippen LogP contribution in [0.25, 0.3) is 0 Å². The van der Waals surface area contributed by atoms with Crippen molar-refractivity contribution in [3.05, 3.63) is 94.0 Å². The van der Waals surface area contributed by atoms with Gasteiger partial charge in [-0.15, -0.1) is 0 Å². The van der Waals surface area contributed by atoms with Crippen LogP contribution in [0.15, 0.2) is 65.6 Å². The normalized spacial score (nSPS) is 16.3. The monoisotopic (exact) mass is 461 g/mol. The largest absolute Gasteiger partial charge is 0.264 e. The maximum atomic E-state index is 14.3. The minimum atomic E-state index is -3.93. The summed E-state index contributed by atoms with van der Waals surface area (Å²) in [6.07, 6.45) is 1.94. The fourth-order valence-electron chi connectivity index (χ4n) is 4.05. The lowest BCUT2D eigenvalue weighted by atomic mass is 9.94. The van der Waals surface area contributed by atoms with Crippen LogP contribution in [0.3, 0.4) is 0 Å². The van der Waals surface area contributed by atoms with E-state index in [1.54, 1.807) is 42.5 Å². The summed E-state index contributed by atoms with van der Waals surface area (Å²) in [5, 5.41) is 0.312. The van der Waals surface area contributed by atoms with Crippen molar-refractivity contribution in [2.75, 3.05) is 4.31 Å². The lowest BCUT2D eigenvalue weighted by molar-refractivity contribution is 0.515. The summed E-state index contributed by atoms with van der Waals surface area (Å²) in [6, 6.07) is 14.9. The van der Waals surface area contributed by atoms with Gasteiger partial charge in [0.25, 0.3) is 10.0 Å². The van der Waals surface area contributed by atoms with Crippen molar-refractivity contribution in [2.45, 2.75) is 43.5 Å². The molecule has 0 amide bonds. The molecule has 7 heteroatoms. The molecular formula is C24H22ClF2NO2S. The first-order valence-corrected chi connectivity index (χ1v) is 11.9. The van der Waals surface area contributed by atoms with E-state index >= 15 is 0 Å². The Labute approximate surface area is 186 Å². The molecule has 0 aliphatic carbocycles. The highest BCUT2D eigenvalue weighted by Crippen LogP contribution is 2.37. The smallest absolute Gasteiger partial charge is 0.263 e. The second kappa shape index (κ2) is 8.60. The lowest BCUT2D eigenvalue weighted by Gasteiger charge is -2.38. The molecule has 0 bridgehead atoms. The summed E-state index contributed by atoms with van der Waals surface area (Å²) in [4.78, 5) is 0.151.